The van der Waals surface area contributed by atoms with Gasteiger partial charge in [-0.05, 0) is 110 Å². The zero-order valence-corrected chi connectivity index (χ0v) is 24.3. The Morgan fingerprint density at radius 3 is 0.722 bits per heavy atom. The van der Waals surface area contributed by atoms with Crippen LogP contribution in [0.25, 0.3) is 0 Å². The molecule has 0 radical (unpaired) electrons. The molecule has 0 amide bonds. The summed E-state index contributed by atoms with van der Waals surface area (Å²) in [4.78, 5) is 0. The fourth-order valence-corrected chi connectivity index (χ4v) is 2.51. The molecule has 36 heavy (non-hydrogen) atoms. The van der Waals surface area contributed by atoms with Gasteiger partial charge in [-0.1, -0.05) is 45.4 Å². The standard InChI is InChI=1S/C8H20N2.2C6H16N2.C4H12N2.C2H8N2/c9-7-5-3-1-2-4-6-8-10;1-6(5-8)3-2-4-7;7-5-3-1-2-4-6-8;5-3-1-2-4-6;3-1-2-4/h1-10H2;6H,2-5,7-8H2,1H3;1-8H2;1-6H2;1-4H2. The van der Waals surface area contributed by atoms with E-state index in [4.69, 9.17) is 57.3 Å². The molecule has 10 heteroatoms. The van der Waals surface area contributed by atoms with Crippen LogP contribution in [0.1, 0.15) is 96.8 Å². The van der Waals surface area contributed by atoms with Crippen LogP contribution in [0, 0.1) is 5.92 Å². The van der Waals surface area contributed by atoms with Crippen molar-refractivity contribution in [2.24, 2.45) is 63.3 Å². The van der Waals surface area contributed by atoms with Crippen LogP contribution in [-0.2, 0) is 0 Å². The topological polar surface area (TPSA) is 260 Å². The second kappa shape index (κ2) is 55.2. The van der Waals surface area contributed by atoms with Gasteiger partial charge in [0.2, 0.25) is 0 Å². The van der Waals surface area contributed by atoms with Crippen LogP contribution < -0.4 is 57.3 Å². The van der Waals surface area contributed by atoms with E-state index in [1.165, 1.54) is 57.8 Å². The van der Waals surface area contributed by atoms with E-state index in [1.54, 1.807) is 0 Å². The molecule has 0 aromatic rings. The van der Waals surface area contributed by atoms with Gasteiger partial charge < -0.3 is 57.3 Å². The Morgan fingerprint density at radius 1 is 0.306 bits per heavy atom. The molecular formula is C26H72N10. The minimum atomic E-state index is 0.597. The maximum atomic E-state index is 5.37. The van der Waals surface area contributed by atoms with Crippen molar-refractivity contribution in [2.45, 2.75) is 96.8 Å². The lowest BCUT2D eigenvalue weighted by atomic mass is 10.1. The molecule has 0 aromatic heterocycles. The van der Waals surface area contributed by atoms with Crippen molar-refractivity contribution < 1.29 is 0 Å². The molecule has 0 saturated heterocycles. The molecule has 20 N–H and O–H groups in total. The van der Waals surface area contributed by atoms with Gasteiger partial charge in [-0.15, -0.1) is 0 Å². The summed E-state index contributed by atoms with van der Waals surface area (Å²) in [6.45, 7) is 9.82. The fourth-order valence-electron chi connectivity index (χ4n) is 2.51. The molecule has 0 saturated carbocycles. The van der Waals surface area contributed by atoms with Crippen molar-refractivity contribution in [3.63, 3.8) is 0 Å². The molecule has 0 bridgehead atoms. The monoisotopic (exact) mass is 525 g/mol. The van der Waals surface area contributed by atoms with Crippen LogP contribution in [0.3, 0.4) is 0 Å². The molecule has 0 heterocycles. The molecule has 10 nitrogen and oxygen atoms in total. The van der Waals surface area contributed by atoms with Crippen LogP contribution in [-0.4, -0.2) is 65.4 Å². The van der Waals surface area contributed by atoms with E-state index < -0.39 is 0 Å². The van der Waals surface area contributed by atoms with Crippen LogP contribution in [0.5, 0.6) is 0 Å². The minimum absolute atomic E-state index is 0.597. The maximum absolute atomic E-state index is 5.37. The van der Waals surface area contributed by atoms with Crippen LogP contribution >= 0.6 is 0 Å². The Kier molecular flexibility index (Phi) is 69.8. The first kappa shape index (κ1) is 45.5. The number of nitrogens with two attached hydrogens (primary N) is 10. The quantitative estimate of drug-likeness (QED) is 0.0991. The van der Waals surface area contributed by atoms with E-state index in [9.17, 15) is 0 Å². The summed E-state index contributed by atoms with van der Waals surface area (Å²) >= 11 is 0. The van der Waals surface area contributed by atoms with Gasteiger partial charge in [-0.25, -0.2) is 0 Å². The summed E-state index contributed by atoms with van der Waals surface area (Å²) in [5, 5.41) is 0. The van der Waals surface area contributed by atoms with Gasteiger partial charge in [-0.3, -0.25) is 0 Å². The molecule has 0 fully saturated rings. The summed E-state index contributed by atoms with van der Waals surface area (Å²) in [5.74, 6) is 0.651. The average molecular weight is 525 g/mol. The number of unbranched alkanes of at least 4 members (excludes halogenated alkanes) is 9. The highest BCUT2D eigenvalue weighted by Crippen LogP contribution is 2.03. The first-order valence-electron chi connectivity index (χ1n) is 14.5. The number of hydrogen-bond donors (Lipinski definition) is 10. The first-order chi connectivity index (χ1) is 17.5. The average Bonchev–Trinajstić information content (AvgIpc) is 2.91. The van der Waals surface area contributed by atoms with Crippen LogP contribution in [0.15, 0.2) is 0 Å². The van der Waals surface area contributed by atoms with Crippen molar-refractivity contribution in [3.05, 3.63) is 0 Å². The highest BCUT2D eigenvalue weighted by molar-refractivity contribution is 4.52. The molecule has 0 spiro atoms. The van der Waals surface area contributed by atoms with Crippen molar-refractivity contribution >= 4 is 0 Å². The lowest BCUT2D eigenvalue weighted by Crippen LogP contribution is -2.12. The summed E-state index contributed by atoms with van der Waals surface area (Å²) in [6, 6.07) is 0. The second-order valence-electron chi connectivity index (χ2n) is 8.82. The molecule has 0 rings (SSSR count). The van der Waals surface area contributed by atoms with Gasteiger partial charge in [-0.2, -0.15) is 0 Å². The van der Waals surface area contributed by atoms with Gasteiger partial charge >= 0.3 is 0 Å². The van der Waals surface area contributed by atoms with Gasteiger partial charge in [0, 0.05) is 13.1 Å². The van der Waals surface area contributed by atoms with E-state index in [1.807, 2.05) is 0 Å². The smallest absolute Gasteiger partial charge is 0.00461 e. The summed E-state index contributed by atoms with van der Waals surface area (Å²) in [6.07, 6.45) is 16.8. The Morgan fingerprint density at radius 2 is 0.528 bits per heavy atom. The largest absolute Gasteiger partial charge is 0.330 e. The third-order valence-corrected chi connectivity index (χ3v) is 4.94. The molecular weight excluding hydrogens is 452 g/mol. The van der Waals surface area contributed by atoms with Crippen molar-refractivity contribution in [3.8, 4) is 0 Å². The Hall–Kier alpha value is -0.400. The number of rotatable bonds is 20. The second-order valence-corrected chi connectivity index (χ2v) is 8.82. The van der Waals surface area contributed by atoms with Crippen molar-refractivity contribution in [1.29, 1.82) is 0 Å². The Bertz CT molecular complexity index is 267. The molecule has 226 valence electrons. The van der Waals surface area contributed by atoms with Crippen molar-refractivity contribution in [2.75, 3.05) is 65.4 Å². The summed E-state index contributed by atoms with van der Waals surface area (Å²) in [7, 11) is 0. The molecule has 1 unspecified atom stereocenters. The van der Waals surface area contributed by atoms with Gasteiger partial charge in [0.05, 0.1) is 0 Å². The minimum Gasteiger partial charge on any atom is -0.330 e. The molecule has 0 aromatic carbocycles. The van der Waals surface area contributed by atoms with Gasteiger partial charge in [0.15, 0.2) is 0 Å². The fraction of sp³-hybridized carbons (Fsp3) is 1.00. The maximum Gasteiger partial charge on any atom is 0.00461 e. The molecule has 0 aliphatic rings. The third-order valence-electron chi connectivity index (χ3n) is 4.94. The van der Waals surface area contributed by atoms with Gasteiger partial charge in [0.1, 0.15) is 0 Å². The van der Waals surface area contributed by atoms with E-state index in [0.29, 0.717) is 19.0 Å². The SMILES string of the molecule is CC(CN)CCCN.NCCCCCCCCN.NCCCCCCN.NCCCCN.NCCN. The van der Waals surface area contributed by atoms with Gasteiger partial charge in [0.25, 0.3) is 0 Å². The Balaban J connectivity index is -0.000000114. The van der Waals surface area contributed by atoms with E-state index in [0.717, 1.165) is 84.5 Å². The summed E-state index contributed by atoms with van der Waals surface area (Å²) in [5.41, 5.74) is 52.0. The lowest BCUT2D eigenvalue weighted by Gasteiger charge is -2.04. The van der Waals surface area contributed by atoms with Crippen LogP contribution in [0.2, 0.25) is 0 Å². The predicted octanol–water partition coefficient (Wildman–Crippen LogP) is 0.616. The van der Waals surface area contributed by atoms with Crippen molar-refractivity contribution in [1.82, 2.24) is 0 Å². The third kappa shape index (κ3) is 76.5. The zero-order chi connectivity index (χ0) is 28.5. The predicted molar refractivity (Wildman–Crippen MR) is 164 cm³/mol. The first-order valence-corrected chi connectivity index (χ1v) is 14.5. The zero-order valence-electron chi connectivity index (χ0n) is 24.3. The Labute approximate surface area is 225 Å². The van der Waals surface area contributed by atoms with E-state index in [-0.39, 0.29) is 0 Å². The van der Waals surface area contributed by atoms with E-state index in [2.05, 4.69) is 6.92 Å². The summed E-state index contributed by atoms with van der Waals surface area (Å²) < 4.78 is 0. The lowest BCUT2D eigenvalue weighted by molar-refractivity contribution is 0.525. The molecule has 0 aliphatic heterocycles. The highest BCUT2D eigenvalue weighted by Gasteiger charge is 1.95. The van der Waals surface area contributed by atoms with E-state index >= 15 is 0 Å². The highest BCUT2D eigenvalue weighted by atomic mass is 14.6. The normalized spacial score (nSPS) is 10.4. The van der Waals surface area contributed by atoms with Crippen LogP contribution in [0.4, 0.5) is 0 Å². The molecule has 1 atom stereocenters. The number of hydrogen-bond acceptors (Lipinski definition) is 10. The molecule has 0 aliphatic carbocycles.